The van der Waals surface area contributed by atoms with Crippen LogP contribution >= 0.6 is 11.6 Å². The number of benzene rings is 3. The van der Waals surface area contributed by atoms with Gasteiger partial charge in [0, 0.05) is 23.5 Å². The Balaban J connectivity index is 2.08. The number of nitrogens with one attached hydrogen (secondary N) is 1. The van der Waals surface area contributed by atoms with Crippen molar-refractivity contribution in [2.75, 3.05) is 17.1 Å². The van der Waals surface area contributed by atoms with Gasteiger partial charge in [-0.05, 0) is 62.2 Å². The number of halogens is 2. The lowest BCUT2D eigenvalue weighted by Gasteiger charge is -2.35. The van der Waals surface area contributed by atoms with E-state index in [-0.39, 0.29) is 24.6 Å². The molecule has 0 fully saturated rings. The number of sulfonamides is 1. The predicted octanol–water partition coefficient (Wildman–Crippen LogP) is 4.80. The molecule has 0 heterocycles. The van der Waals surface area contributed by atoms with Gasteiger partial charge in [0.2, 0.25) is 21.8 Å². The average Bonchev–Trinajstić information content (AvgIpc) is 2.85. The number of carbonyl (C=O) groups excluding carboxylic acids is 2. The molecule has 1 unspecified atom stereocenters. The summed E-state index contributed by atoms with van der Waals surface area (Å²) in [5.41, 5.74) is 0.963. The van der Waals surface area contributed by atoms with Gasteiger partial charge in [-0.3, -0.25) is 13.9 Å². The van der Waals surface area contributed by atoms with Crippen LogP contribution < -0.4 is 9.62 Å². The molecule has 0 bridgehead atoms. The largest absolute Gasteiger partial charge is 0.350 e. The van der Waals surface area contributed by atoms with Crippen molar-refractivity contribution >= 4 is 39.1 Å². The Morgan fingerprint density at radius 3 is 2.10 bits per heavy atom. The molecule has 2 amide bonds. The van der Waals surface area contributed by atoms with Crippen LogP contribution in [0.1, 0.15) is 31.9 Å². The van der Waals surface area contributed by atoms with Crippen LogP contribution in [0.25, 0.3) is 0 Å². The minimum Gasteiger partial charge on any atom is -0.350 e. The van der Waals surface area contributed by atoms with E-state index < -0.39 is 39.9 Å². The van der Waals surface area contributed by atoms with Crippen molar-refractivity contribution in [1.82, 2.24) is 10.2 Å². The van der Waals surface area contributed by atoms with Crippen molar-refractivity contribution in [3.8, 4) is 0 Å². The molecule has 7 nitrogen and oxygen atoms in total. The monoisotopic (exact) mass is 573 g/mol. The molecule has 39 heavy (non-hydrogen) atoms. The van der Waals surface area contributed by atoms with Crippen LogP contribution in [0.3, 0.4) is 0 Å². The van der Waals surface area contributed by atoms with Gasteiger partial charge in [0.15, 0.2) is 0 Å². The van der Waals surface area contributed by atoms with Crippen LogP contribution in [0.5, 0.6) is 0 Å². The van der Waals surface area contributed by atoms with Crippen molar-refractivity contribution in [2.24, 2.45) is 0 Å². The number of rotatable bonds is 10. The van der Waals surface area contributed by atoms with E-state index in [1.54, 1.807) is 24.3 Å². The summed E-state index contributed by atoms with van der Waals surface area (Å²) in [5.74, 6) is -1.55. The highest BCUT2D eigenvalue weighted by molar-refractivity contribution is 7.92. The molecular formula is C29H33ClFN3O4S. The number of hydrogen-bond donors (Lipinski definition) is 1. The van der Waals surface area contributed by atoms with Crippen LogP contribution in [0.2, 0.25) is 5.02 Å². The summed E-state index contributed by atoms with van der Waals surface area (Å²) < 4.78 is 39.9. The van der Waals surface area contributed by atoms with Gasteiger partial charge in [-0.15, -0.1) is 0 Å². The van der Waals surface area contributed by atoms with Crippen molar-refractivity contribution in [1.29, 1.82) is 0 Å². The molecule has 0 aliphatic rings. The number of carbonyl (C=O) groups is 2. The van der Waals surface area contributed by atoms with E-state index in [9.17, 15) is 22.4 Å². The summed E-state index contributed by atoms with van der Waals surface area (Å²) in [7, 11) is -3.94. The zero-order valence-corrected chi connectivity index (χ0v) is 24.0. The minimum absolute atomic E-state index is 0.0331. The lowest BCUT2D eigenvalue weighted by molar-refractivity contribution is -0.140. The molecule has 10 heteroatoms. The molecule has 3 aromatic rings. The Morgan fingerprint density at radius 2 is 1.54 bits per heavy atom. The smallest absolute Gasteiger partial charge is 0.244 e. The Morgan fingerprint density at radius 1 is 0.949 bits per heavy atom. The Bertz CT molecular complexity index is 1390. The van der Waals surface area contributed by atoms with Gasteiger partial charge >= 0.3 is 0 Å². The van der Waals surface area contributed by atoms with Crippen LogP contribution in [0, 0.1) is 5.82 Å². The van der Waals surface area contributed by atoms with Gasteiger partial charge in [-0.25, -0.2) is 12.8 Å². The summed E-state index contributed by atoms with van der Waals surface area (Å²) in [5, 5.41) is 3.36. The topological polar surface area (TPSA) is 86.8 Å². The van der Waals surface area contributed by atoms with E-state index in [0.717, 1.165) is 28.3 Å². The minimum atomic E-state index is -3.94. The molecule has 0 aliphatic heterocycles. The summed E-state index contributed by atoms with van der Waals surface area (Å²) in [6.07, 6.45) is 1.16. The van der Waals surface area contributed by atoms with Gasteiger partial charge in [0.25, 0.3) is 0 Å². The second kappa shape index (κ2) is 12.6. The van der Waals surface area contributed by atoms with E-state index in [1.165, 1.54) is 17.0 Å². The summed E-state index contributed by atoms with van der Waals surface area (Å²) in [6, 6.07) is 20.0. The summed E-state index contributed by atoms with van der Waals surface area (Å²) in [6.45, 7) is 4.89. The first-order valence-corrected chi connectivity index (χ1v) is 14.6. The third-order valence-electron chi connectivity index (χ3n) is 5.86. The highest BCUT2D eigenvalue weighted by Crippen LogP contribution is 2.23. The first kappa shape index (κ1) is 30.1. The Hall–Kier alpha value is -3.43. The van der Waals surface area contributed by atoms with Crippen LogP contribution in [0.15, 0.2) is 78.9 Å². The molecule has 0 saturated heterocycles. The molecule has 1 N–H and O–H groups in total. The van der Waals surface area contributed by atoms with Crippen LogP contribution in [-0.4, -0.2) is 49.5 Å². The summed E-state index contributed by atoms with van der Waals surface area (Å²) >= 11 is 6.43. The fourth-order valence-electron chi connectivity index (χ4n) is 4.04. The molecule has 0 aromatic heterocycles. The molecule has 3 aromatic carbocycles. The second-order valence-corrected chi connectivity index (χ2v) is 12.6. The van der Waals surface area contributed by atoms with Crippen LogP contribution in [-0.2, 0) is 32.6 Å². The standard InChI is InChI=1S/C29H33ClFN3O4S/c1-29(2,3)32-28(36)26(18-21-10-6-5-7-11-21)33(19-22-12-8-9-13-25(22)30)27(35)20-34(39(4,37)38)24-16-14-23(31)15-17-24/h5-17,26H,18-20H2,1-4H3,(H,32,36). The van der Waals surface area contributed by atoms with Gasteiger partial charge in [0.1, 0.15) is 18.4 Å². The maximum atomic E-state index is 14.0. The van der Waals surface area contributed by atoms with E-state index in [0.29, 0.717) is 10.6 Å². The first-order chi connectivity index (χ1) is 18.2. The molecule has 0 aliphatic carbocycles. The van der Waals surface area contributed by atoms with Crippen molar-refractivity contribution in [3.63, 3.8) is 0 Å². The molecule has 0 radical (unpaired) electrons. The zero-order valence-electron chi connectivity index (χ0n) is 22.4. The van der Waals surface area contributed by atoms with Gasteiger partial charge in [-0.2, -0.15) is 0 Å². The fraction of sp³-hybridized carbons (Fsp3) is 0.310. The first-order valence-electron chi connectivity index (χ1n) is 12.4. The van der Waals surface area contributed by atoms with Gasteiger partial charge < -0.3 is 10.2 Å². The quantitative estimate of drug-likeness (QED) is 0.377. The SMILES string of the molecule is CC(C)(C)NC(=O)C(Cc1ccccc1)N(Cc1ccccc1Cl)C(=O)CN(c1ccc(F)cc1)S(C)(=O)=O. The van der Waals surface area contributed by atoms with Crippen LogP contribution in [0.4, 0.5) is 10.1 Å². The molecule has 1 atom stereocenters. The number of nitrogens with zero attached hydrogens (tertiary/aromatic N) is 2. The molecule has 208 valence electrons. The zero-order chi connectivity index (χ0) is 28.8. The summed E-state index contributed by atoms with van der Waals surface area (Å²) in [4.78, 5) is 29.0. The molecule has 0 saturated carbocycles. The van der Waals surface area contributed by atoms with Crippen molar-refractivity contribution in [3.05, 3.63) is 101 Å². The maximum absolute atomic E-state index is 14.0. The predicted molar refractivity (Wildman–Crippen MR) is 152 cm³/mol. The molecule has 0 spiro atoms. The normalized spacial score (nSPS) is 12.5. The number of hydrogen-bond acceptors (Lipinski definition) is 4. The van der Waals surface area contributed by atoms with Gasteiger partial charge in [-0.1, -0.05) is 60.1 Å². The number of amides is 2. The molecule has 3 rings (SSSR count). The van der Waals surface area contributed by atoms with E-state index >= 15 is 0 Å². The average molecular weight is 574 g/mol. The van der Waals surface area contributed by atoms with Crippen molar-refractivity contribution in [2.45, 2.75) is 45.3 Å². The van der Waals surface area contributed by atoms with Crippen molar-refractivity contribution < 1.29 is 22.4 Å². The number of anilines is 1. The highest BCUT2D eigenvalue weighted by Gasteiger charge is 2.34. The maximum Gasteiger partial charge on any atom is 0.244 e. The lowest BCUT2D eigenvalue weighted by Crippen LogP contribution is -2.56. The van der Waals surface area contributed by atoms with E-state index in [1.807, 2.05) is 51.1 Å². The van der Waals surface area contributed by atoms with E-state index in [4.69, 9.17) is 11.6 Å². The lowest BCUT2D eigenvalue weighted by atomic mass is 10.0. The Labute approximate surface area is 234 Å². The van der Waals surface area contributed by atoms with Gasteiger partial charge in [0.05, 0.1) is 11.9 Å². The second-order valence-electron chi connectivity index (χ2n) is 10.3. The highest BCUT2D eigenvalue weighted by atomic mass is 35.5. The van der Waals surface area contributed by atoms with E-state index in [2.05, 4.69) is 5.32 Å². The molecular weight excluding hydrogens is 541 g/mol. The fourth-order valence-corrected chi connectivity index (χ4v) is 5.08. The third kappa shape index (κ3) is 8.80. The third-order valence-corrected chi connectivity index (χ3v) is 7.37. The Kier molecular flexibility index (Phi) is 9.74.